The molecule has 1 nitrogen and oxygen atoms in total. The summed E-state index contributed by atoms with van der Waals surface area (Å²) in [6.07, 6.45) is 4.45. The highest BCUT2D eigenvalue weighted by Crippen LogP contribution is 2.32. The summed E-state index contributed by atoms with van der Waals surface area (Å²) in [4.78, 5) is 0. The quantitative estimate of drug-likeness (QED) is 0.697. The topological polar surface area (TPSA) is 20.2 Å². The van der Waals surface area contributed by atoms with E-state index in [9.17, 15) is 5.11 Å². The van der Waals surface area contributed by atoms with Crippen molar-refractivity contribution >= 4 is 0 Å². The second-order valence-corrected chi connectivity index (χ2v) is 3.87. The minimum absolute atomic E-state index is 0.115. The summed E-state index contributed by atoms with van der Waals surface area (Å²) in [5.41, 5.74) is 1.30. The molecular weight excluding hydrogens is 160 g/mol. The zero-order valence-electron chi connectivity index (χ0n) is 7.82. The van der Waals surface area contributed by atoms with Crippen LogP contribution in [0.2, 0.25) is 0 Å². The van der Waals surface area contributed by atoms with Gasteiger partial charge in [-0.1, -0.05) is 43.2 Å². The summed E-state index contributed by atoms with van der Waals surface area (Å²) in [5.74, 6) is 0.384. The van der Waals surface area contributed by atoms with E-state index in [2.05, 4.69) is 24.3 Å². The number of hydrogen-bond donors (Lipinski definition) is 1. The van der Waals surface area contributed by atoms with Crippen LogP contribution in [0.1, 0.15) is 37.2 Å². The third kappa shape index (κ3) is 1.92. The summed E-state index contributed by atoms with van der Waals surface area (Å²) in [5, 5.41) is 9.82. The van der Waals surface area contributed by atoms with Crippen LogP contribution in [0.4, 0.5) is 0 Å². The second-order valence-electron chi connectivity index (χ2n) is 3.87. The van der Waals surface area contributed by atoms with E-state index >= 15 is 0 Å². The van der Waals surface area contributed by atoms with Gasteiger partial charge in [-0.2, -0.15) is 0 Å². The summed E-state index contributed by atoms with van der Waals surface area (Å²) in [6, 6.07) is 10.4. The van der Waals surface area contributed by atoms with Gasteiger partial charge in [0.1, 0.15) is 0 Å². The van der Waals surface area contributed by atoms with Gasteiger partial charge in [0.15, 0.2) is 0 Å². The fourth-order valence-corrected chi connectivity index (χ4v) is 2.20. The third-order valence-electron chi connectivity index (χ3n) is 2.96. The molecule has 0 bridgehead atoms. The molecule has 1 saturated carbocycles. The van der Waals surface area contributed by atoms with E-state index in [0.29, 0.717) is 5.92 Å². The van der Waals surface area contributed by atoms with Gasteiger partial charge in [0.25, 0.3) is 0 Å². The van der Waals surface area contributed by atoms with Crippen LogP contribution in [0.25, 0.3) is 0 Å². The molecule has 1 aromatic carbocycles. The van der Waals surface area contributed by atoms with Crippen molar-refractivity contribution in [3.05, 3.63) is 35.9 Å². The lowest BCUT2D eigenvalue weighted by Gasteiger charge is -2.27. The number of aliphatic hydroxyl groups is 1. The lowest BCUT2D eigenvalue weighted by molar-refractivity contribution is 0.106. The summed E-state index contributed by atoms with van der Waals surface area (Å²) in [7, 11) is 0. The third-order valence-corrected chi connectivity index (χ3v) is 2.96. The second kappa shape index (κ2) is 3.93. The van der Waals surface area contributed by atoms with Crippen molar-refractivity contribution in [3.8, 4) is 0 Å². The molecule has 0 aromatic heterocycles. The van der Waals surface area contributed by atoms with Crippen molar-refractivity contribution in [1.82, 2.24) is 0 Å². The molecule has 0 saturated heterocycles. The number of aliphatic hydroxyl groups excluding tert-OH is 1. The maximum atomic E-state index is 9.82. The Bertz CT molecular complexity index is 255. The Kier molecular flexibility index (Phi) is 2.65. The molecule has 1 heteroatoms. The first-order chi connectivity index (χ1) is 6.38. The van der Waals surface area contributed by atoms with E-state index < -0.39 is 0 Å². The summed E-state index contributed by atoms with van der Waals surface area (Å²) < 4.78 is 0. The van der Waals surface area contributed by atoms with E-state index in [-0.39, 0.29) is 6.10 Å². The predicted octanol–water partition coefficient (Wildman–Crippen LogP) is 2.71. The molecule has 1 aromatic rings. The van der Waals surface area contributed by atoms with Gasteiger partial charge in [-0.25, -0.2) is 0 Å². The Morgan fingerprint density at radius 3 is 2.38 bits per heavy atom. The molecule has 0 aliphatic heterocycles. The van der Waals surface area contributed by atoms with Crippen LogP contribution < -0.4 is 0 Å². The lowest BCUT2D eigenvalue weighted by Crippen LogP contribution is -2.22. The van der Waals surface area contributed by atoms with Crippen molar-refractivity contribution in [1.29, 1.82) is 0 Å². The average Bonchev–Trinajstić information content (AvgIpc) is 2.20. The maximum Gasteiger partial charge on any atom is 0.0608 e. The molecule has 1 unspecified atom stereocenters. The zero-order chi connectivity index (χ0) is 9.10. The van der Waals surface area contributed by atoms with E-state index in [1.807, 2.05) is 6.07 Å². The molecule has 70 valence electrons. The molecule has 0 heterocycles. The molecule has 2 rings (SSSR count). The van der Waals surface area contributed by atoms with E-state index in [1.54, 1.807) is 0 Å². The van der Waals surface area contributed by atoms with E-state index in [1.165, 1.54) is 18.4 Å². The Balaban J connectivity index is 2.15. The predicted molar refractivity (Wildman–Crippen MR) is 53.7 cm³/mol. The van der Waals surface area contributed by atoms with E-state index in [0.717, 1.165) is 12.8 Å². The number of rotatable bonds is 1. The monoisotopic (exact) mass is 176 g/mol. The standard InChI is InChI=1S/C12H16O/c13-12-9-5-4-8-11(12)10-6-2-1-3-7-10/h1-3,6-7,11-13H,4-5,8-9H2/t11?,12-/m1/s1. The van der Waals surface area contributed by atoms with E-state index in [4.69, 9.17) is 0 Å². The Hall–Kier alpha value is -0.820. The van der Waals surface area contributed by atoms with Crippen molar-refractivity contribution in [2.24, 2.45) is 0 Å². The molecule has 1 aliphatic rings. The molecular formula is C12H16O. The minimum Gasteiger partial charge on any atom is -0.392 e. The van der Waals surface area contributed by atoms with Crippen LogP contribution in [0.15, 0.2) is 30.3 Å². The van der Waals surface area contributed by atoms with Gasteiger partial charge in [0.05, 0.1) is 6.10 Å². The Morgan fingerprint density at radius 2 is 1.69 bits per heavy atom. The van der Waals surface area contributed by atoms with Crippen LogP contribution in [0.3, 0.4) is 0 Å². The fraction of sp³-hybridized carbons (Fsp3) is 0.500. The van der Waals surface area contributed by atoms with Gasteiger partial charge in [-0.3, -0.25) is 0 Å². The first-order valence-electron chi connectivity index (χ1n) is 5.11. The molecule has 0 spiro atoms. The van der Waals surface area contributed by atoms with Gasteiger partial charge in [0.2, 0.25) is 0 Å². The number of benzene rings is 1. The maximum absolute atomic E-state index is 9.82. The molecule has 0 amide bonds. The SMILES string of the molecule is O[C@@H]1CCCCC1c1ccccc1. The van der Waals surface area contributed by atoms with Crippen molar-refractivity contribution in [3.63, 3.8) is 0 Å². The Labute approximate surface area is 79.4 Å². The van der Waals surface area contributed by atoms with Gasteiger partial charge in [-0.05, 0) is 18.4 Å². The van der Waals surface area contributed by atoms with Crippen LogP contribution in [0, 0.1) is 0 Å². The normalized spacial score (nSPS) is 28.7. The van der Waals surface area contributed by atoms with Gasteiger partial charge in [0, 0.05) is 5.92 Å². The van der Waals surface area contributed by atoms with Crippen molar-refractivity contribution < 1.29 is 5.11 Å². The largest absolute Gasteiger partial charge is 0.392 e. The highest BCUT2D eigenvalue weighted by molar-refractivity contribution is 5.21. The van der Waals surface area contributed by atoms with Gasteiger partial charge in [-0.15, -0.1) is 0 Å². The molecule has 1 fully saturated rings. The zero-order valence-corrected chi connectivity index (χ0v) is 7.82. The lowest BCUT2D eigenvalue weighted by atomic mass is 9.82. The van der Waals surface area contributed by atoms with Crippen molar-refractivity contribution in [2.75, 3.05) is 0 Å². The highest BCUT2D eigenvalue weighted by atomic mass is 16.3. The fourth-order valence-electron chi connectivity index (χ4n) is 2.20. The average molecular weight is 176 g/mol. The molecule has 0 radical (unpaired) electrons. The van der Waals surface area contributed by atoms with Gasteiger partial charge < -0.3 is 5.11 Å². The molecule has 1 N–H and O–H groups in total. The van der Waals surface area contributed by atoms with Crippen LogP contribution in [0.5, 0.6) is 0 Å². The Morgan fingerprint density at radius 1 is 1.00 bits per heavy atom. The van der Waals surface area contributed by atoms with Crippen molar-refractivity contribution in [2.45, 2.75) is 37.7 Å². The molecule has 13 heavy (non-hydrogen) atoms. The summed E-state index contributed by atoms with van der Waals surface area (Å²) >= 11 is 0. The first kappa shape index (κ1) is 8.76. The van der Waals surface area contributed by atoms with Gasteiger partial charge >= 0.3 is 0 Å². The smallest absolute Gasteiger partial charge is 0.0608 e. The first-order valence-corrected chi connectivity index (χ1v) is 5.11. The minimum atomic E-state index is -0.115. The summed E-state index contributed by atoms with van der Waals surface area (Å²) in [6.45, 7) is 0. The van der Waals surface area contributed by atoms with Crippen LogP contribution in [-0.2, 0) is 0 Å². The highest BCUT2D eigenvalue weighted by Gasteiger charge is 2.23. The molecule has 2 atom stereocenters. The van der Waals surface area contributed by atoms with Crippen LogP contribution in [-0.4, -0.2) is 11.2 Å². The molecule has 1 aliphatic carbocycles. The van der Waals surface area contributed by atoms with Crippen LogP contribution >= 0.6 is 0 Å². The number of hydrogen-bond acceptors (Lipinski definition) is 1.